The quantitative estimate of drug-likeness (QED) is 0.545. The number of hydrogen-bond acceptors (Lipinski definition) is 7. The van der Waals surface area contributed by atoms with Crippen LogP contribution < -0.4 is 5.32 Å². The molecule has 1 N–H and O–H groups in total. The molecule has 2 aromatic rings. The number of Topliss-reactive ketones (excluding diaryl/α,β-unsaturated/α-hetero) is 1. The second-order valence-electron chi connectivity index (χ2n) is 9.70. The molecule has 0 spiro atoms. The Kier molecular flexibility index (Phi) is 8.12. The molecule has 2 atom stereocenters. The fraction of sp³-hybridized carbons (Fsp3) is 0.385. The molecule has 8 nitrogen and oxygen atoms in total. The van der Waals surface area contributed by atoms with E-state index in [2.05, 4.69) is 10.3 Å². The van der Waals surface area contributed by atoms with Crippen molar-refractivity contribution in [3.05, 3.63) is 59.2 Å². The Bertz CT molecular complexity index is 1390. The van der Waals surface area contributed by atoms with Crippen LogP contribution in [0.3, 0.4) is 0 Å². The summed E-state index contributed by atoms with van der Waals surface area (Å²) in [4.78, 5) is 30.2. The maximum Gasteiger partial charge on any atom is 0.408 e. The first-order valence-corrected chi connectivity index (χ1v) is 13.3. The Morgan fingerprint density at radius 2 is 1.89 bits per heavy atom. The number of alkyl carbamates (subject to hydrolysis) is 1. The van der Waals surface area contributed by atoms with E-state index in [0.29, 0.717) is 5.71 Å². The van der Waals surface area contributed by atoms with E-state index < -0.39 is 39.9 Å². The predicted molar refractivity (Wildman–Crippen MR) is 133 cm³/mol. The number of nitriles is 1. The molecule has 0 aliphatic heterocycles. The summed E-state index contributed by atoms with van der Waals surface area (Å²) >= 11 is 0. The van der Waals surface area contributed by atoms with E-state index in [4.69, 9.17) is 4.74 Å². The lowest BCUT2D eigenvalue weighted by Gasteiger charge is -2.28. The van der Waals surface area contributed by atoms with Crippen molar-refractivity contribution in [2.45, 2.75) is 56.6 Å². The van der Waals surface area contributed by atoms with Crippen LogP contribution in [0.15, 0.2) is 52.4 Å². The summed E-state index contributed by atoms with van der Waals surface area (Å²) in [6.07, 6.45) is -2.38. The molecule has 1 aliphatic carbocycles. The average molecular weight is 532 g/mol. The van der Waals surface area contributed by atoms with E-state index in [1.807, 2.05) is 6.07 Å². The Morgan fingerprint density at radius 3 is 2.49 bits per heavy atom. The largest absolute Gasteiger partial charge is 0.444 e. The number of halogens is 2. The minimum atomic E-state index is -3.90. The minimum Gasteiger partial charge on any atom is -0.444 e. The van der Waals surface area contributed by atoms with Crippen molar-refractivity contribution >= 4 is 33.1 Å². The van der Waals surface area contributed by atoms with Crippen molar-refractivity contribution in [1.82, 2.24) is 5.32 Å². The normalized spacial score (nSPS) is 18.1. The van der Waals surface area contributed by atoms with E-state index in [-0.39, 0.29) is 45.9 Å². The third-order valence-electron chi connectivity index (χ3n) is 5.61. The number of rotatable bonds is 6. The molecule has 2 unspecified atom stereocenters. The van der Waals surface area contributed by atoms with Crippen LogP contribution in [0.4, 0.5) is 19.3 Å². The summed E-state index contributed by atoms with van der Waals surface area (Å²) in [5, 5.41) is 11.9. The van der Waals surface area contributed by atoms with Gasteiger partial charge in [-0.1, -0.05) is 18.2 Å². The number of ketones is 1. The number of aliphatic imine (C=N–C) groups is 1. The minimum absolute atomic E-state index is 0.0645. The smallest absolute Gasteiger partial charge is 0.408 e. The molecule has 0 saturated heterocycles. The van der Waals surface area contributed by atoms with Crippen LogP contribution in [0.2, 0.25) is 0 Å². The molecular formula is C26H27F2N3O5S. The standard InChI is InChI=1S/C26H27F2N3O5S/c1-26(2,3)36-25(33)31-23(18-9-8-15(14-29)12-21(18)37(4,34)35)22-19(10-11-20(22)32)30-17-7-5-6-16(13-17)24(27)28/h5-9,12-13,22-24H,10-11H2,1-4H3,(H,31,33). The highest BCUT2D eigenvalue weighted by Crippen LogP contribution is 2.37. The lowest BCUT2D eigenvalue weighted by molar-refractivity contribution is -0.120. The van der Waals surface area contributed by atoms with Gasteiger partial charge in [-0.3, -0.25) is 9.79 Å². The topological polar surface area (TPSA) is 126 Å². The van der Waals surface area contributed by atoms with Gasteiger partial charge in [0, 0.05) is 24.0 Å². The van der Waals surface area contributed by atoms with Gasteiger partial charge >= 0.3 is 6.09 Å². The highest BCUT2D eigenvalue weighted by molar-refractivity contribution is 7.90. The zero-order valence-electron chi connectivity index (χ0n) is 20.8. The average Bonchev–Trinajstić information content (AvgIpc) is 3.15. The third kappa shape index (κ3) is 6.98. The molecule has 0 heterocycles. The zero-order chi connectivity index (χ0) is 27.5. The molecule has 37 heavy (non-hydrogen) atoms. The summed E-state index contributed by atoms with van der Waals surface area (Å²) in [6.45, 7) is 4.94. The van der Waals surface area contributed by atoms with Gasteiger partial charge in [-0.25, -0.2) is 22.0 Å². The number of carbonyl (C=O) groups excluding carboxylic acids is 2. The van der Waals surface area contributed by atoms with E-state index in [9.17, 15) is 32.0 Å². The van der Waals surface area contributed by atoms with Crippen molar-refractivity contribution < 1.29 is 31.5 Å². The Balaban J connectivity index is 2.18. The molecule has 3 rings (SSSR count). The molecule has 2 aromatic carbocycles. The second-order valence-corrected chi connectivity index (χ2v) is 11.7. The molecule has 0 bridgehead atoms. The van der Waals surface area contributed by atoms with Crippen LogP contribution in [0, 0.1) is 17.2 Å². The summed E-state index contributed by atoms with van der Waals surface area (Å²) in [6, 6.07) is 10.0. The van der Waals surface area contributed by atoms with Crippen molar-refractivity contribution in [2.75, 3.05) is 6.26 Å². The van der Waals surface area contributed by atoms with E-state index in [0.717, 1.165) is 6.26 Å². The van der Waals surface area contributed by atoms with Crippen molar-refractivity contribution in [3.63, 3.8) is 0 Å². The molecule has 11 heteroatoms. The van der Waals surface area contributed by atoms with Crippen LogP contribution >= 0.6 is 0 Å². The SMILES string of the molecule is CC(C)(C)OC(=O)NC(c1ccc(C#N)cc1S(C)(=O)=O)C1C(=O)CCC1=Nc1cccc(C(F)F)c1. The Morgan fingerprint density at radius 1 is 1.19 bits per heavy atom. The van der Waals surface area contributed by atoms with Crippen molar-refractivity contribution in [3.8, 4) is 6.07 Å². The van der Waals surface area contributed by atoms with Gasteiger partial charge in [-0.15, -0.1) is 0 Å². The van der Waals surface area contributed by atoms with Crippen LogP contribution in [-0.4, -0.2) is 37.9 Å². The maximum atomic E-state index is 13.2. The predicted octanol–water partition coefficient (Wildman–Crippen LogP) is 5.22. The highest BCUT2D eigenvalue weighted by atomic mass is 32.2. The number of nitrogens with one attached hydrogen (secondary N) is 1. The Labute approximate surface area is 214 Å². The monoisotopic (exact) mass is 531 g/mol. The maximum absolute atomic E-state index is 13.2. The number of nitrogens with zero attached hydrogens (tertiary/aromatic N) is 2. The molecule has 196 valence electrons. The van der Waals surface area contributed by atoms with Gasteiger partial charge < -0.3 is 10.1 Å². The van der Waals surface area contributed by atoms with Crippen molar-refractivity contribution in [2.24, 2.45) is 10.9 Å². The first kappa shape index (κ1) is 27.9. The lowest BCUT2D eigenvalue weighted by atomic mass is 9.89. The van der Waals surface area contributed by atoms with Crippen LogP contribution in [-0.2, 0) is 19.4 Å². The van der Waals surface area contributed by atoms with Gasteiger partial charge in [0.15, 0.2) is 9.84 Å². The van der Waals surface area contributed by atoms with Gasteiger partial charge in [-0.05, 0) is 57.0 Å². The first-order valence-electron chi connectivity index (χ1n) is 11.4. The fourth-order valence-electron chi connectivity index (χ4n) is 4.10. The zero-order valence-corrected chi connectivity index (χ0v) is 21.6. The molecule has 1 saturated carbocycles. The molecule has 1 fully saturated rings. The van der Waals surface area contributed by atoms with Gasteiger partial charge in [0.05, 0.1) is 34.2 Å². The van der Waals surface area contributed by atoms with Crippen LogP contribution in [0.25, 0.3) is 0 Å². The van der Waals surface area contributed by atoms with E-state index in [1.165, 1.54) is 42.5 Å². The molecular weight excluding hydrogens is 504 g/mol. The molecule has 1 amide bonds. The Hall–Kier alpha value is -3.65. The highest BCUT2D eigenvalue weighted by Gasteiger charge is 2.41. The first-order chi connectivity index (χ1) is 17.2. The number of hydrogen-bond donors (Lipinski definition) is 1. The van der Waals surface area contributed by atoms with Crippen LogP contribution in [0.1, 0.15) is 62.8 Å². The molecule has 0 aromatic heterocycles. The number of ether oxygens (including phenoxy) is 1. The summed E-state index contributed by atoms with van der Waals surface area (Å²) in [5.74, 6) is -1.40. The number of carbonyl (C=O) groups is 2. The number of sulfone groups is 1. The summed E-state index contributed by atoms with van der Waals surface area (Å²) in [7, 11) is -3.90. The lowest BCUT2D eigenvalue weighted by Crippen LogP contribution is -2.41. The van der Waals surface area contributed by atoms with Gasteiger partial charge in [-0.2, -0.15) is 5.26 Å². The second kappa shape index (κ2) is 10.8. The number of alkyl halides is 2. The van der Waals surface area contributed by atoms with E-state index in [1.54, 1.807) is 20.8 Å². The summed E-state index contributed by atoms with van der Waals surface area (Å²) in [5.41, 5.74) is -0.450. The van der Waals surface area contributed by atoms with Gasteiger partial charge in [0.1, 0.15) is 11.4 Å². The van der Waals surface area contributed by atoms with Crippen molar-refractivity contribution in [1.29, 1.82) is 5.26 Å². The van der Waals surface area contributed by atoms with E-state index >= 15 is 0 Å². The third-order valence-corrected chi connectivity index (χ3v) is 6.76. The van der Waals surface area contributed by atoms with Crippen LogP contribution in [0.5, 0.6) is 0 Å². The molecule has 1 aliphatic rings. The molecule has 0 radical (unpaired) electrons. The van der Waals surface area contributed by atoms with Gasteiger partial charge in [0.2, 0.25) is 0 Å². The van der Waals surface area contributed by atoms with Gasteiger partial charge in [0.25, 0.3) is 6.43 Å². The number of benzene rings is 2. The number of amides is 1. The fourth-order valence-corrected chi connectivity index (χ4v) is 5.07. The summed E-state index contributed by atoms with van der Waals surface area (Å²) < 4.78 is 57.1.